The van der Waals surface area contributed by atoms with Gasteiger partial charge in [-0.15, -0.1) is 12.4 Å². The summed E-state index contributed by atoms with van der Waals surface area (Å²) in [4.78, 5) is 16.3. The molecular formula is C16H23ClN4O. The molecule has 0 bridgehead atoms. The molecule has 2 rings (SSSR count). The average Bonchev–Trinajstić information content (AvgIpc) is 2.93. The number of aromatic nitrogens is 2. The van der Waals surface area contributed by atoms with Gasteiger partial charge in [0.05, 0.1) is 12.6 Å². The molecule has 0 saturated carbocycles. The molecule has 1 amide bonds. The molecular weight excluding hydrogens is 300 g/mol. The minimum atomic E-state index is -0.517. The van der Waals surface area contributed by atoms with Gasteiger partial charge < -0.3 is 10.3 Å². The third-order valence-corrected chi connectivity index (χ3v) is 3.71. The summed E-state index contributed by atoms with van der Waals surface area (Å²) in [7, 11) is 0. The maximum Gasteiger partial charge on any atom is 0.243 e. The Morgan fingerprint density at radius 3 is 2.68 bits per heavy atom. The maximum absolute atomic E-state index is 12.1. The number of benzene rings is 1. The molecule has 3 N–H and O–H groups in total. The highest BCUT2D eigenvalue weighted by molar-refractivity contribution is 5.93. The first-order chi connectivity index (χ1) is 10.1. The lowest BCUT2D eigenvalue weighted by molar-refractivity contribution is -0.118. The molecule has 2 atom stereocenters. The van der Waals surface area contributed by atoms with Gasteiger partial charge in [-0.3, -0.25) is 10.1 Å². The van der Waals surface area contributed by atoms with Crippen LogP contribution in [0.5, 0.6) is 0 Å². The fraction of sp³-hybridized carbons (Fsp3) is 0.375. The Bertz CT molecular complexity index is 585. The van der Waals surface area contributed by atoms with Crippen LogP contribution in [0.25, 0.3) is 0 Å². The molecule has 0 spiro atoms. The lowest BCUT2D eigenvalue weighted by Gasteiger charge is -2.18. The summed E-state index contributed by atoms with van der Waals surface area (Å²) >= 11 is 0. The van der Waals surface area contributed by atoms with Gasteiger partial charge in [-0.1, -0.05) is 50.6 Å². The van der Waals surface area contributed by atoms with Crippen molar-refractivity contribution in [3.05, 3.63) is 48.3 Å². The number of nitrogens with zero attached hydrogens (tertiary/aromatic N) is 2. The molecule has 22 heavy (non-hydrogen) atoms. The van der Waals surface area contributed by atoms with Crippen LogP contribution in [0.1, 0.15) is 25.8 Å². The Morgan fingerprint density at radius 1 is 1.36 bits per heavy atom. The van der Waals surface area contributed by atoms with Gasteiger partial charge in [-0.05, 0) is 11.5 Å². The first kappa shape index (κ1) is 18.2. The summed E-state index contributed by atoms with van der Waals surface area (Å²) in [5.41, 5.74) is 7.09. The minimum absolute atomic E-state index is 0. The van der Waals surface area contributed by atoms with Crippen molar-refractivity contribution in [3.8, 4) is 0 Å². The summed E-state index contributed by atoms with van der Waals surface area (Å²) in [6.07, 6.45) is 4.39. The number of hydrogen-bond acceptors (Lipinski definition) is 3. The number of nitrogens with one attached hydrogen (secondary N) is 1. The Labute approximate surface area is 137 Å². The van der Waals surface area contributed by atoms with E-state index in [1.54, 1.807) is 6.20 Å². The SMILES string of the molecule is CCC(C)C(N)C(=O)Nc1nccn1Cc1ccccc1.Cl. The highest BCUT2D eigenvalue weighted by Gasteiger charge is 2.20. The molecule has 5 nitrogen and oxygen atoms in total. The second-order valence-corrected chi connectivity index (χ2v) is 5.26. The Hall–Kier alpha value is -1.85. The summed E-state index contributed by atoms with van der Waals surface area (Å²) in [6, 6.07) is 9.52. The molecule has 0 aliphatic heterocycles. The molecule has 0 fully saturated rings. The largest absolute Gasteiger partial charge is 0.320 e. The van der Waals surface area contributed by atoms with Crippen LogP contribution in [0, 0.1) is 5.92 Å². The number of carbonyl (C=O) groups is 1. The van der Waals surface area contributed by atoms with Crippen molar-refractivity contribution in [2.75, 3.05) is 5.32 Å². The molecule has 120 valence electrons. The molecule has 6 heteroatoms. The number of carbonyl (C=O) groups excluding carboxylic acids is 1. The van der Waals surface area contributed by atoms with Crippen LogP contribution in [0.2, 0.25) is 0 Å². The van der Waals surface area contributed by atoms with Crippen LogP contribution >= 0.6 is 12.4 Å². The van der Waals surface area contributed by atoms with Crippen molar-refractivity contribution < 1.29 is 4.79 Å². The smallest absolute Gasteiger partial charge is 0.243 e. The topological polar surface area (TPSA) is 72.9 Å². The van der Waals surface area contributed by atoms with E-state index in [1.807, 2.05) is 54.9 Å². The quantitative estimate of drug-likeness (QED) is 0.858. The molecule has 0 radical (unpaired) electrons. The molecule has 0 aliphatic carbocycles. The Kier molecular flexibility index (Phi) is 7.08. The van der Waals surface area contributed by atoms with Gasteiger partial charge in [0, 0.05) is 12.4 Å². The predicted octanol–water partition coefficient (Wildman–Crippen LogP) is 2.67. The van der Waals surface area contributed by atoms with E-state index in [9.17, 15) is 4.79 Å². The molecule has 0 saturated heterocycles. The van der Waals surface area contributed by atoms with Crippen LogP contribution in [-0.4, -0.2) is 21.5 Å². The van der Waals surface area contributed by atoms with Crippen molar-refractivity contribution in [2.24, 2.45) is 11.7 Å². The third-order valence-electron chi connectivity index (χ3n) is 3.71. The number of amides is 1. The molecule has 2 unspecified atom stereocenters. The fourth-order valence-corrected chi connectivity index (χ4v) is 2.05. The lowest BCUT2D eigenvalue weighted by atomic mass is 10.00. The van der Waals surface area contributed by atoms with E-state index in [-0.39, 0.29) is 24.2 Å². The summed E-state index contributed by atoms with van der Waals surface area (Å²) in [5.74, 6) is 0.481. The van der Waals surface area contributed by atoms with Crippen LogP contribution in [0.15, 0.2) is 42.7 Å². The van der Waals surface area contributed by atoms with Crippen LogP contribution in [-0.2, 0) is 11.3 Å². The van der Waals surface area contributed by atoms with Gasteiger partial charge in [-0.25, -0.2) is 4.98 Å². The molecule has 1 aromatic carbocycles. The Morgan fingerprint density at radius 2 is 2.05 bits per heavy atom. The van der Waals surface area contributed by atoms with Crippen molar-refractivity contribution in [1.82, 2.24) is 9.55 Å². The Balaban J connectivity index is 0.00000242. The summed E-state index contributed by atoms with van der Waals surface area (Å²) < 4.78 is 1.90. The molecule has 2 aromatic rings. The normalized spacial score (nSPS) is 13.0. The van der Waals surface area contributed by atoms with Gasteiger partial charge in [0.25, 0.3) is 0 Å². The van der Waals surface area contributed by atoms with E-state index in [1.165, 1.54) is 0 Å². The number of halogens is 1. The van der Waals surface area contributed by atoms with Gasteiger partial charge in [-0.2, -0.15) is 0 Å². The predicted molar refractivity (Wildman–Crippen MR) is 91.1 cm³/mol. The van der Waals surface area contributed by atoms with Gasteiger partial charge >= 0.3 is 0 Å². The van der Waals surface area contributed by atoms with Crippen molar-refractivity contribution in [1.29, 1.82) is 0 Å². The zero-order valence-electron chi connectivity index (χ0n) is 12.9. The van der Waals surface area contributed by atoms with Crippen LogP contribution in [0.3, 0.4) is 0 Å². The van der Waals surface area contributed by atoms with Crippen LogP contribution in [0.4, 0.5) is 5.95 Å². The fourth-order valence-electron chi connectivity index (χ4n) is 2.05. The number of rotatable bonds is 6. The first-order valence-electron chi connectivity index (χ1n) is 7.23. The maximum atomic E-state index is 12.1. The zero-order chi connectivity index (χ0) is 15.2. The van der Waals surface area contributed by atoms with E-state index in [4.69, 9.17) is 5.73 Å². The first-order valence-corrected chi connectivity index (χ1v) is 7.23. The second kappa shape index (κ2) is 8.56. The van der Waals surface area contributed by atoms with E-state index in [0.29, 0.717) is 12.5 Å². The second-order valence-electron chi connectivity index (χ2n) is 5.26. The van der Waals surface area contributed by atoms with Gasteiger partial charge in [0.15, 0.2) is 0 Å². The minimum Gasteiger partial charge on any atom is -0.320 e. The number of anilines is 1. The highest BCUT2D eigenvalue weighted by atomic mass is 35.5. The van der Waals surface area contributed by atoms with Gasteiger partial charge in [0.1, 0.15) is 0 Å². The molecule has 0 aliphatic rings. The van der Waals surface area contributed by atoms with Gasteiger partial charge in [0.2, 0.25) is 11.9 Å². The average molecular weight is 323 g/mol. The highest BCUT2D eigenvalue weighted by Crippen LogP contribution is 2.11. The van der Waals surface area contributed by atoms with Crippen molar-refractivity contribution >= 4 is 24.3 Å². The summed E-state index contributed by atoms with van der Waals surface area (Å²) in [5, 5.41) is 2.81. The molecule has 1 aromatic heterocycles. The monoisotopic (exact) mass is 322 g/mol. The zero-order valence-corrected chi connectivity index (χ0v) is 13.7. The molecule has 1 heterocycles. The van der Waals surface area contributed by atoms with Crippen LogP contribution < -0.4 is 11.1 Å². The number of imidazole rings is 1. The number of hydrogen-bond donors (Lipinski definition) is 2. The van der Waals surface area contributed by atoms with E-state index in [0.717, 1.165) is 12.0 Å². The van der Waals surface area contributed by atoms with Crippen molar-refractivity contribution in [3.63, 3.8) is 0 Å². The third kappa shape index (κ3) is 4.58. The van der Waals surface area contributed by atoms with E-state index in [2.05, 4.69) is 10.3 Å². The van der Waals surface area contributed by atoms with Crippen molar-refractivity contribution in [2.45, 2.75) is 32.9 Å². The standard InChI is InChI=1S/C16H22N4O.ClH/c1-3-12(2)14(17)15(21)19-16-18-9-10-20(16)11-13-7-5-4-6-8-13;/h4-10,12,14H,3,11,17H2,1-2H3,(H,18,19,21);1H. The number of nitrogens with two attached hydrogens (primary N) is 1. The van der Waals surface area contributed by atoms with E-state index >= 15 is 0 Å². The lowest BCUT2D eigenvalue weighted by Crippen LogP contribution is -2.41. The summed E-state index contributed by atoms with van der Waals surface area (Å²) in [6.45, 7) is 4.66. The van der Waals surface area contributed by atoms with E-state index < -0.39 is 6.04 Å².